The van der Waals surface area contributed by atoms with Crippen LogP contribution in [0.15, 0.2) is 0 Å². The quantitative estimate of drug-likeness (QED) is 0.464. The van der Waals surface area contributed by atoms with E-state index in [0.29, 0.717) is 11.5 Å². The van der Waals surface area contributed by atoms with Crippen LogP contribution in [-0.2, 0) is 9.59 Å². The molecule has 10 heteroatoms. The number of likely N-dealkylation sites (N-methyl/N-ethyl adjacent to an activating group) is 2. The molecule has 0 saturated heterocycles. The molecule has 0 aliphatic carbocycles. The molecule has 0 aliphatic heterocycles. The lowest BCUT2D eigenvalue weighted by atomic mass is 10.3. The fourth-order valence-corrected chi connectivity index (χ4v) is 3.79. The Labute approximate surface area is 139 Å². The van der Waals surface area contributed by atoms with E-state index in [-0.39, 0.29) is 24.8 Å². The Morgan fingerprint density at radius 1 is 0.850 bits per heavy atom. The molecular weight excluding hydrogens is 347 g/mol. The Morgan fingerprint density at radius 2 is 1.10 bits per heavy atom. The lowest BCUT2D eigenvalue weighted by molar-refractivity contribution is -0.142. The molecule has 0 aliphatic rings. The van der Waals surface area contributed by atoms with E-state index >= 15 is 0 Å². The van der Waals surface area contributed by atoms with Crippen LogP contribution < -0.4 is 0 Å². The standard InChI is InChI=1S/C10H20N2O4S2.2ClH/c1-11(2)7(9(13)14)5-17-18-6-8(10(15)16)12(3)4;;/h7-8H,5-6H2,1-4H3,(H,13,14)(H,15,16);2*1H. The van der Waals surface area contributed by atoms with Gasteiger partial charge < -0.3 is 10.2 Å². The molecule has 122 valence electrons. The summed E-state index contributed by atoms with van der Waals surface area (Å²) in [5.74, 6) is -0.884. The first-order chi connectivity index (χ1) is 8.27. The fraction of sp³-hybridized carbons (Fsp3) is 0.800. The van der Waals surface area contributed by atoms with Crippen LogP contribution in [0.5, 0.6) is 0 Å². The van der Waals surface area contributed by atoms with Gasteiger partial charge in [-0.3, -0.25) is 19.4 Å². The Bertz CT molecular complexity index is 268. The summed E-state index contributed by atoms with van der Waals surface area (Å²) in [6.07, 6.45) is 0. The summed E-state index contributed by atoms with van der Waals surface area (Å²) in [6, 6.07) is -1.10. The van der Waals surface area contributed by atoms with Gasteiger partial charge in [-0.05, 0) is 28.2 Å². The predicted molar refractivity (Wildman–Crippen MR) is 89.6 cm³/mol. The van der Waals surface area contributed by atoms with Gasteiger partial charge in [0.1, 0.15) is 12.1 Å². The Balaban J connectivity index is -0.00000144. The van der Waals surface area contributed by atoms with Crippen molar-refractivity contribution in [3.05, 3.63) is 0 Å². The van der Waals surface area contributed by atoms with Crippen LogP contribution in [0.3, 0.4) is 0 Å². The second-order valence-corrected chi connectivity index (χ2v) is 6.76. The molecule has 6 nitrogen and oxygen atoms in total. The second kappa shape index (κ2) is 12.8. The highest BCUT2D eigenvalue weighted by molar-refractivity contribution is 8.76. The summed E-state index contributed by atoms with van der Waals surface area (Å²) in [6.45, 7) is 0. The van der Waals surface area contributed by atoms with Crippen molar-refractivity contribution in [1.82, 2.24) is 9.80 Å². The molecule has 0 aromatic rings. The first-order valence-electron chi connectivity index (χ1n) is 5.30. The molecule has 0 aromatic heterocycles. The highest BCUT2D eigenvalue weighted by atomic mass is 35.5. The van der Waals surface area contributed by atoms with E-state index in [1.165, 1.54) is 21.6 Å². The molecule has 0 spiro atoms. The van der Waals surface area contributed by atoms with Gasteiger partial charge >= 0.3 is 11.9 Å². The van der Waals surface area contributed by atoms with E-state index in [1.807, 2.05) is 0 Å². The maximum Gasteiger partial charge on any atom is 0.321 e. The topological polar surface area (TPSA) is 81.1 Å². The Morgan fingerprint density at radius 3 is 1.25 bits per heavy atom. The minimum Gasteiger partial charge on any atom is -0.480 e. The average molecular weight is 369 g/mol. The zero-order valence-electron chi connectivity index (χ0n) is 11.8. The van der Waals surface area contributed by atoms with Gasteiger partial charge in [-0.25, -0.2) is 0 Å². The number of aliphatic carboxylic acids is 2. The molecule has 0 rings (SSSR count). The number of rotatable bonds is 9. The van der Waals surface area contributed by atoms with Gasteiger partial charge in [0.25, 0.3) is 0 Å². The third-order valence-electron chi connectivity index (χ3n) is 2.35. The lowest BCUT2D eigenvalue weighted by Crippen LogP contribution is -2.38. The summed E-state index contributed by atoms with van der Waals surface area (Å²) in [5.41, 5.74) is 0. The molecule has 2 atom stereocenters. The van der Waals surface area contributed by atoms with E-state index < -0.39 is 24.0 Å². The molecule has 0 fully saturated rings. The predicted octanol–water partition coefficient (Wildman–Crippen LogP) is 1.24. The van der Waals surface area contributed by atoms with Crippen molar-refractivity contribution < 1.29 is 19.8 Å². The first-order valence-corrected chi connectivity index (χ1v) is 7.79. The molecule has 0 amide bonds. The van der Waals surface area contributed by atoms with Crippen molar-refractivity contribution in [2.75, 3.05) is 39.7 Å². The summed E-state index contributed by atoms with van der Waals surface area (Å²) < 4.78 is 0. The summed E-state index contributed by atoms with van der Waals surface area (Å²) in [7, 11) is 9.62. The maximum atomic E-state index is 10.9. The second-order valence-electron chi connectivity index (χ2n) is 4.20. The minimum absolute atomic E-state index is 0. The van der Waals surface area contributed by atoms with Crippen molar-refractivity contribution in [3.8, 4) is 0 Å². The van der Waals surface area contributed by atoms with Crippen LogP contribution in [0, 0.1) is 0 Å². The lowest BCUT2D eigenvalue weighted by Gasteiger charge is -2.21. The molecule has 0 heterocycles. The molecule has 2 N–H and O–H groups in total. The monoisotopic (exact) mass is 368 g/mol. The Hall–Kier alpha value is 0.140. The molecule has 0 bridgehead atoms. The molecule has 2 unspecified atom stereocenters. The number of halogens is 2. The van der Waals surface area contributed by atoms with Crippen molar-refractivity contribution in [2.24, 2.45) is 0 Å². The van der Waals surface area contributed by atoms with Crippen LogP contribution in [0.4, 0.5) is 0 Å². The number of hydrogen-bond acceptors (Lipinski definition) is 6. The van der Waals surface area contributed by atoms with Crippen LogP contribution in [0.25, 0.3) is 0 Å². The first kappa shape index (κ1) is 25.1. The van der Waals surface area contributed by atoms with Crippen molar-refractivity contribution in [1.29, 1.82) is 0 Å². The van der Waals surface area contributed by atoms with Gasteiger partial charge in [0, 0.05) is 11.5 Å². The van der Waals surface area contributed by atoms with Gasteiger partial charge in [-0.1, -0.05) is 21.6 Å². The smallest absolute Gasteiger partial charge is 0.321 e. The molecule has 0 radical (unpaired) electrons. The normalized spacial score (nSPS) is 13.3. The number of carboxylic acid groups (broad SMARTS) is 2. The van der Waals surface area contributed by atoms with Crippen LogP contribution >= 0.6 is 46.4 Å². The number of nitrogens with zero attached hydrogens (tertiary/aromatic N) is 2. The summed E-state index contributed by atoms with van der Waals surface area (Å²) >= 11 is 0. The van der Waals surface area contributed by atoms with Gasteiger partial charge in [0.05, 0.1) is 0 Å². The summed E-state index contributed by atoms with van der Waals surface area (Å²) in [4.78, 5) is 25.1. The van der Waals surface area contributed by atoms with Gasteiger partial charge in [0.15, 0.2) is 0 Å². The van der Waals surface area contributed by atoms with E-state index in [1.54, 1.807) is 38.0 Å². The molecular formula is C10H22Cl2N2O4S2. The zero-order chi connectivity index (χ0) is 14.3. The third-order valence-corrected chi connectivity index (χ3v) is 4.74. The summed E-state index contributed by atoms with van der Waals surface area (Å²) in [5, 5.41) is 17.9. The van der Waals surface area contributed by atoms with Crippen molar-refractivity contribution >= 4 is 58.3 Å². The van der Waals surface area contributed by atoms with E-state index in [9.17, 15) is 9.59 Å². The average Bonchev–Trinajstić information content (AvgIpc) is 2.20. The minimum atomic E-state index is -0.865. The number of hydrogen-bond donors (Lipinski definition) is 2. The highest BCUT2D eigenvalue weighted by Gasteiger charge is 2.22. The highest BCUT2D eigenvalue weighted by Crippen LogP contribution is 2.24. The fourth-order valence-electron chi connectivity index (χ4n) is 1.11. The van der Waals surface area contributed by atoms with E-state index in [2.05, 4.69) is 0 Å². The molecule has 20 heavy (non-hydrogen) atoms. The van der Waals surface area contributed by atoms with Crippen LogP contribution in [0.1, 0.15) is 0 Å². The van der Waals surface area contributed by atoms with Crippen LogP contribution in [0.2, 0.25) is 0 Å². The maximum absolute atomic E-state index is 10.9. The van der Waals surface area contributed by atoms with E-state index in [0.717, 1.165) is 0 Å². The molecule has 0 aromatic carbocycles. The number of carbonyl (C=O) groups is 2. The van der Waals surface area contributed by atoms with Gasteiger partial charge in [-0.2, -0.15) is 0 Å². The Kier molecular flexibility index (Phi) is 16.1. The van der Waals surface area contributed by atoms with Gasteiger partial charge in [-0.15, -0.1) is 24.8 Å². The SMILES string of the molecule is CN(C)C(CSSCC(C(=O)O)N(C)C)C(=O)O.Cl.Cl. The van der Waals surface area contributed by atoms with Crippen LogP contribution in [-0.4, -0.2) is 83.7 Å². The van der Waals surface area contributed by atoms with Crippen molar-refractivity contribution in [3.63, 3.8) is 0 Å². The largest absolute Gasteiger partial charge is 0.480 e. The third kappa shape index (κ3) is 9.95. The zero-order valence-corrected chi connectivity index (χ0v) is 15.1. The van der Waals surface area contributed by atoms with Gasteiger partial charge in [0.2, 0.25) is 0 Å². The van der Waals surface area contributed by atoms with Crippen molar-refractivity contribution in [2.45, 2.75) is 12.1 Å². The molecule has 0 saturated carbocycles. The van der Waals surface area contributed by atoms with E-state index in [4.69, 9.17) is 10.2 Å². The number of carboxylic acids is 2.